The minimum Gasteiger partial charge on any atom is -0.481 e. The Morgan fingerprint density at radius 2 is 1.84 bits per heavy atom. The van der Waals surface area contributed by atoms with Crippen molar-refractivity contribution in [3.05, 3.63) is 110 Å². The Kier molecular flexibility index (Phi) is 7.69. The largest absolute Gasteiger partial charge is 0.481 e. The Bertz CT molecular complexity index is 1610. The van der Waals surface area contributed by atoms with Gasteiger partial charge in [-0.05, 0) is 30.7 Å². The van der Waals surface area contributed by atoms with Crippen LogP contribution in [0.2, 0.25) is 5.02 Å². The molecule has 0 unspecified atom stereocenters. The standard InChI is InChI=1S/C26H24ClN5O5/c1-16-8-10-18(11-9-16)15-31-24(30-25(35)32(26(31)36)14-17(2)23(33)34)29-19-12-21(27)22(28-13-19)37-20-6-4-3-5-7-20/h3-13,17H,14-15H2,1-2H3,(H,33,34)(H,29,30,35)/t17-/m0/s1. The van der Waals surface area contributed by atoms with E-state index in [1.54, 1.807) is 12.1 Å². The van der Waals surface area contributed by atoms with Gasteiger partial charge in [0.2, 0.25) is 11.5 Å². The van der Waals surface area contributed by atoms with Crippen molar-refractivity contribution in [3.63, 3.8) is 0 Å². The third-order valence-corrected chi connectivity index (χ3v) is 5.78. The van der Waals surface area contributed by atoms with Gasteiger partial charge in [0.1, 0.15) is 10.8 Å². The maximum Gasteiger partial charge on any atom is 0.335 e. The molecule has 2 N–H and O–H groups in total. The molecule has 0 aliphatic rings. The van der Waals surface area contributed by atoms with E-state index in [-0.39, 0.29) is 35.3 Å². The van der Waals surface area contributed by atoms with Crippen molar-refractivity contribution in [2.45, 2.75) is 26.9 Å². The molecule has 0 saturated heterocycles. The molecule has 2 aromatic carbocycles. The molecule has 37 heavy (non-hydrogen) atoms. The second-order valence-electron chi connectivity index (χ2n) is 8.47. The molecule has 190 valence electrons. The van der Waals surface area contributed by atoms with Gasteiger partial charge in [0, 0.05) is 6.54 Å². The van der Waals surface area contributed by atoms with Crippen LogP contribution in [0.4, 0.5) is 5.69 Å². The van der Waals surface area contributed by atoms with E-state index in [9.17, 15) is 19.5 Å². The van der Waals surface area contributed by atoms with Crippen LogP contribution in [0.25, 0.3) is 0 Å². The average Bonchev–Trinajstić information content (AvgIpc) is 2.87. The zero-order chi connectivity index (χ0) is 26.5. The number of pyridine rings is 1. The van der Waals surface area contributed by atoms with Crippen LogP contribution in [-0.4, -0.2) is 30.2 Å². The van der Waals surface area contributed by atoms with Gasteiger partial charge in [-0.15, -0.1) is 0 Å². The number of nitrogens with one attached hydrogen (secondary N) is 1. The highest BCUT2D eigenvalue weighted by Gasteiger charge is 2.17. The third kappa shape index (κ3) is 6.22. The normalized spacial score (nSPS) is 12.4. The third-order valence-electron chi connectivity index (χ3n) is 5.51. The lowest BCUT2D eigenvalue weighted by Crippen LogP contribution is -2.51. The molecule has 0 aliphatic heterocycles. The van der Waals surface area contributed by atoms with Crippen LogP contribution >= 0.6 is 11.6 Å². The summed E-state index contributed by atoms with van der Waals surface area (Å²) in [6.45, 7) is 3.16. The first-order valence-electron chi connectivity index (χ1n) is 11.4. The molecule has 2 heterocycles. The highest BCUT2D eigenvalue weighted by Crippen LogP contribution is 2.29. The number of carboxylic acid groups (broad SMARTS) is 1. The van der Waals surface area contributed by atoms with Gasteiger partial charge in [-0.3, -0.25) is 14.3 Å². The highest BCUT2D eigenvalue weighted by atomic mass is 35.5. The number of aromatic amines is 1. The van der Waals surface area contributed by atoms with Gasteiger partial charge >= 0.3 is 17.3 Å². The number of carboxylic acids is 1. The smallest absolute Gasteiger partial charge is 0.335 e. The molecule has 10 nitrogen and oxygen atoms in total. The summed E-state index contributed by atoms with van der Waals surface area (Å²) in [7, 11) is 0. The van der Waals surface area contributed by atoms with Crippen molar-refractivity contribution in [2.75, 3.05) is 0 Å². The molecule has 0 aliphatic carbocycles. The molecular formula is C26H24ClN5O5. The summed E-state index contributed by atoms with van der Waals surface area (Å²) in [4.78, 5) is 48.7. The Hall–Kier alpha value is -4.44. The molecule has 0 amide bonds. The van der Waals surface area contributed by atoms with Gasteiger partial charge in [-0.25, -0.2) is 24.1 Å². The summed E-state index contributed by atoms with van der Waals surface area (Å²) >= 11 is 6.36. The monoisotopic (exact) mass is 521 g/mol. The van der Waals surface area contributed by atoms with Gasteiger partial charge in [0.15, 0.2) is 0 Å². The molecule has 1 atom stereocenters. The van der Waals surface area contributed by atoms with Crippen LogP contribution in [-0.2, 0) is 17.9 Å². The zero-order valence-electron chi connectivity index (χ0n) is 20.1. The number of carbonyl (C=O) groups is 1. The second-order valence-corrected chi connectivity index (χ2v) is 8.87. The first-order chi connectivity index (χ1) is 17.7. The van der Waals surface area contributed by atoms with Crippen molar-refractivity contribution < 1.29 is 14.6 Å². The fraction of sp³-hybridized carbons (Fsp3) is 0.192. The maximum absolute atomic E-state index is 13.3. The Morgan fingerprint density at radius 1 is 1.14 bits per heavy atom. The van der Waals surface area contributed by atoms with E-state index >= 15 is 0 Å². The van der Waals surface area contributed by atoms with Crippen LogP contribution < -0.4 is 21.7 Å². The number of benzene rings is 2. The number of ether oxygens (including phenoxy) is 1. The van der Waals surface area contributed by atoms with E-state index in [1.165, 1.54) is 23.8 Å². The lowest BCUT2D eigenvalue weighted by atomic mass is 10.1. The van der Waals surface area contributed by atoms with Crippen molar-refractivity contribution in [2.24, 2.45) is 10.9 Å². The van der Waals surface area contributed by atoms with Gasteiger partial charge in [0.25, 0.3) is 0 Å². The number of para-hydroxylation sites is 1. The van der Waals surface area contributed by atoms with Crippen molar-refractivity contribution in [1.29, 1.82) is 0 Å². The predicted molar refractivity (Wildman–Crippen MR) is 137 cm³/mol. The number of hydrogen-bond donors (Lipinski definition) is 2. The summed E-state index contributed by atoms with van der Waals surface area (Å²) in [6, 6.07) is 18.0. The van der Waals surface area contributed by atoms with E-state index in [0.717, 1.165) is 15.7 Å². The quantitative estimate of drug-likeness (QED) is 0.365. The summed E-state index contributed by atoms with van der Waals surface area (Å²) in [6.07, 6.45) is 1.40. The number of aliphatic carboxylic acids is 1. The zero-order valence-corrected chi connectivity index (χ0v) is 20.8. The summed E-state index contributed by atoms with van der Waals surface area (Å²) in [5.74, 6) is -1.34. The SMILES string of the molecule is Cc1ccc(Cn2c(=O)n(C[C@H](C)C(=O)O)c(=O)[nH]/c2=N\c2cnc(Oc3ccccc3)c(Cl)c2)cc1. The average molecular weight is 522 g/mol. The first kappa shape index (κ1) is 25.6. The Labute approximate surface area is 216 Å². The summed E-state index contributed by atoms with van der Waals surface area (Å²) in [5.41, 5.74) is 0.599. The topological polar surface area (TPSA) is 132 Å². The van der Waals surface area contributed by atoms with Crippen LogP contribution in [0.3, 0.4) is 0 Å². The fourth-order valence-corrected chi connectivity index (χ4v) is 3.65. The van der Waals surface area contributed by atoms with Crippen LogP contribution in [0.15, 0.2) is 81.4 Å². The van der Waals surface area contributed by atoms with Crippen molar-refractivity contribution in [3.8, 4) is 11.6 Å². The van der Waals surface area contributed by atoms with E-state index in [4.69, 9.17) is 16.3 Å². The van der Waals surface area contributed by atoms with Crippen LogP contribution in [0.5, 0.6) is 11.6 Å². The molecule has 0 bridgehead atoms. The minimum atomic E-state index is -1.12. The number of halogens is 1. The van der Waals surface area contributed by atoms with Crippen LogP contribution in [0.1, 0.15) is 18.1 Å². The van der Waals surface area contributed by atoms with Gasteiger partial charge in [0.05, 0.1) is 24.3 Å². The molecule has 4 aromatic rings. The number of hydrogen-bond acceptors (Lipinski definition) is 6. The van der Waals surface area contributed by atoms with E-state index in [1.807, 2.05) is 49.4 Å². The molecule has 2 aromatic heterocycles. The number of rotatable bonds is 8. The Morgan fingerprint density at radius 3 is 2.49 bits per heavy atom. The minimum absolute atomic E-state index is 0.0376. The van der Waals surface area contributed by atoms with Gasteiger partial charge < -0.3 is 9.84 Å². The summed E-state index contributed by atoms with van der Waals surface area (Å²) < 4.78 is 7.81. The molecule has 0 saturated carbocycles. The van der Waals surface area contributed by atoms with E-state index in [0.29, 0.717) is 5.75 Å². The van der Waals surface area contributed by atoms with Gasteiger partial charge in [-0.1, -0.05) is 66.6 Å². The lowest BCUT2D eigenvalue weighted by Gasteiger charge is -2.13. The lowest BCUT2D eigenvalue weighted by molar-refractivity contribution is -0.141. The van der Waals surface area contributed by atoms with Gasteiger partial charge in [-0.2, -0.15) is 0 Å². The summed E-state index contributed by atoms with van der Waals surface area (Å²) in [5, 5.41) is 9.45. The van der Waals surface area contributed by atoms with Crippen molar-refractivity contribution in [1.82, 2.24) is 19.1 Å². The number of H-pyrrole nitrogens is 1. The number of nitrogens with zero attached hydrogens (tertiary/aromatic N) is 4. The maximum atomic E-state index is 13.3. The number of aromatic nitrogens is 4. The predicted octanol–water partition coefficient (Wildman–Crippen LogP) is 3.49. The molecule has 0 spiro atoms. The van der Waals surface area contributed by atoms with Crippen molar-refractivity contribution >= 4 is 23.3 Å². The molecule has 4 rings (SSSR count). The molecule has 0 radical (unpaired) electrons. The highest BCUT2D eigenvalue weighted by molar-refractivity contribution is 6.32. The molecule has 0 fully saturated rings. The first-order valence-corrected chi connectivity index (χ1v) is 11.7. The second kappa shape index (κ2) is 11.1. The Balaban J connectivity index is 1.79. The van der Waals surface area contributed by atoms with E-state index in [2.05, 4.69) is 15.0 Å². The molecular weight excluding hydrogens is 498 g/mol. The fourth-order valence-electron chi connectivity index (χ4n) is 3.45. The van der Waals surface area contributed by atoms with E-state index < -0.39 is 23.3 Å². The molecule has 11 heteroatoms. The number of aryl methyl sites for hydroxylation is 1. The van der Waals surface area contributed by atoms with Crippen LogP contribution in [0, 0.1) is 12.8 Å².